The van der Waals surface area contributed by atoms with Crippen LogP contribution >= 0.6 is 39.9 Å². The van der Waals surface area contributed by atoms with Gasteiger partial charge in [0.2, 0.25) is 0 Å². The number of carbonyl (C=O) groups excluding carboxylic acids is 1. The minimum Gasteiger partial charge on any atom is -0.493 e. The van der Waals surface area contributed by atoms with Crippen molar-refractivity contribution in [3.8, 4) is 11.5 Å². The SMILES string of the molecule is COc1cc(/C=C2/SC(=S)N(CCCC(=O)O)C2=O)cc(Br)c1OCc1ccc(C(C)(C)C)cc1. The first-order valence-corrected chi connectivity index (χ1v) is 13.1. The minimum atomic E-state index is -0.896. The van der Waals surface area contributed by atoms with Crippen LogP contribution in [0.3, 0.4) is 0 Å². The van der Waals surface area contributed by atoms with Gasteiger partial charge in [-0.05, 0) is 62.7 Å². The summed E-state index contributed by atoms with van der Waals surface area (Å²) in [6, 6.07) is 12.0. The molecule has 1 N–H and O–H groups in total. The molecular weight excluding hydrogens is 550 g/mol. The number of methoxy groups -OCH3 is 1. The molecule has 6 nitrogen and oxygen atoms in total. The topological polar surface area (TPSA) is 76.1 Å². The first-order chi connectivity index (χ1) is 16.5. The number of amides is 1. The van der Waals surface area contributed by atoms with Gasteiger partial charge in [0.25, 0.3) is 5.91 Å². The maximum absolute atomic E-state index is 12.8. The Morgan fingerprint density at radius 1 is 1.23 bits per heavy atom. The number of hydrogen-bond donors (Lipinski definition) is 1. The molecule has 0 atom stereocenters. The molecule has 1 amide bonds. The molecule has 0 unspecified atom stereocenters. The van der Waals surface area contributed by atoms with Crippen molar-refractivity contribution in [2.24, 2.45) is 0 Å². The highest BCUT2D eigenvalue weighted by Gasteiger charge is 2.31. The Hall–Kier alpha value is -2.36. The number of carboxylic acid groups (broad SMARTS) is 1. The maximum atomic E-state index is 12.8. The van der Waals surface area contributed by atoms with Gasteiger partial charge in [0.05, 0.1) is 16.5 Å². The second kappa shape index (κ2) is 11.6. The van der Waals surface area contributed by atoms with Crippen LogP contribution in [0.1, 0.15) is 50.3 Å². The predicted molar refractivity (Wildman–Crippen MR) is 147 cm³/mol. The molecule has 2 aromatic rings. The molecule has 3 rings (SSSR count). The summed E-state index contributed by atoms with van der Waals surface area (Å²) in [5.74, 6) is -0.00805. The van der Waals surface area contributed by atoms with E-state index in [4.69, 9.17) is 26.8 Å². The molecule has 9 heteroatoms. The molecule has 1 heterocycles. The Morgan fingerprint density at radius 3 is 2.51 bits per heavy atom. The number of thioether (sulfide) groups is 1. The molecule has 1 aliphatic heterocycles. The quantitative estimate of drug-likeness (QED) is 0.273. The maximum Gasteiger partial charge on any atom is 0.303 e. The molecule has 2 aromatic carbocycles. The van der Waals surface area contributed by atoms with Gasteiger partial charge in [-0.25, -0.2) is 0 Å². The van der Waals surface area contributed by atoms with Gasteiger partial charge in [0.1, 0.15) is 10.9 Å². The van der Waals surface area contributed by atoms with Gasteiger partial charge in [-0.15, -0.1) is 0 Å². The molecule has 0 radical (unpaired) electrons. The second-order valence-corrected chi connectivity index (χ2v) is 11.6. The lowest BCUT2D eigenvalue weighted by Gasteiger charge is -2.19. The van der Waals surface area contributed by atoms with Gasteiger partial charge in [0.15, 0.2) is 11.5 Å². The van der Waals surface area contributed by atoms with Crippen molar-refractivity contribution in [2.45, 2.75) is 45.6 Å². The van der Waals surface area contributed by atoms with Crippen LogP contribution in [0.15, 0.2) is 45.8 Å². The summed E-state index contributed by atoms with van der Waals surface area (Å²) in [4.78, 5) is 25.5. The summed E-state index contributed by atoms with van der Waals surface area (Å²) in [5, 5.41) is 8.83. The molecule has 1 aliphatic rings. The lowest BCUT2D eigenvalue weighted by molar-refractivity contribution is -0.137. The molecule has 0 aromatic heterocycles. The van der Waals surface area contributed by atoms with E-state index in [1.54, 1.807) is 19.3 Å². The minimum absolute atomic E-state index is 0.0115. The monoisotopic (exact) mass is 577 g/mol. The fourth-order valence-electron chi connectivity index (χ4n) is 3.45. The summed E-state index contributed by atoms with van der Waals surface area (Å²) in [5.41, 5.74) is 3.15. The zero-order valence-electron chi connectivity index (χ0n) is 20.1. The van der Waals surface area contributed by atoms with Crippen LogP contribution in [0.2, 0.25) is 0 Å². The third-order valence-electron chi connectivity index (χ3n) is 5.40. The lowest BCUT2D eigenvalue weighted by atomic mass is 9.87. The number of benzene rings is 2. The third kappa shape index (κ3) is 7.08. The van der Waals surface area contributed by atoms with Crippen LogP contribution in [-0.2, 0) is 21.6 Å². The van der Waals surface area contributed by atoms with E-state index in [1.165, 1.54) is 22.2 Å². The smallest absolute Gasteiger partial charge is 0.303 e. The van der Waals surface area contributed by atoms with Crippen molar-refractivity contribution in [3.05, 3.63) is 62.5 Å². The highest BCUT2D eigenvalue weighted by molar-refractivity contribution is 9.10. The second-order valence-electron chi connectivity index (χ2n) is 9.10. The number of rotatable bonds is 9. The van der Waals surface area contributed by atoms with E-state index < -0.39 is 5.97 Å². The summed E-state index contributed by atoms with van der Waals surface area (Å²) < 4.78 is 12.8. The van der Waals surface area contributed by atoms with Crippen LogP contribution in [0.25, 0.3) is 6.08 Å². The van der Waals surface area contributed by atoms with Gasteiger partial charge in [-0.3, -0.25) is 14.5 Å². The number of nitrogens with zero attached hydrogens (tertiary/aromatic N) is 1. The van der Waals surface area contributed by atoms with E-state index >= 15 is 0 Å². The Kier molecular flexibility index (Phi) is 9.01. The van der Waals surface area contributed by atoms with Crippen molar-refractivity contribution in [1.82, 2.24) is 4.90 Å². The summed E-state index contributed by atoms with van der Waals surface area (Å²) >= 11 is 10.1. The first-order valence-electron chi connectivity index (χ1n) is 11.1. The van der Waals surface area contributed by atoms with Crippen molar-refractivity contribution in [1.29, 1.82) is 0 Å². The fourth-order valence-corrected chi connectivity index (χ4v) is 5.33. The lowest BCUT2D eigenvalue weighted by Crippen LogP contribution is -2.29. The number of ether oxygens (including phenoxy) is 2. The van der Waals surface area contributed by atoms with Gasteiger partial charge in [-0.2, -0.15) is 0 Å². The fraction of sp³-hybridized carbons (Fsp3) is 0.346. The molecule has 0 aliphatic carbocycles. The number of halogens is 1. The normalized spacial score (nSPS) is 15.1. The molecular formula is C26H28BrNO5S2. The van der Waals surface area contributed by atoms with Crippen molar-refractivity contribution < 1.29 is 24.2 Å². The van der Waals surface area contributed by atoms with E-state index in [2.05, 4.69) is 61.0 Å². The molecule has 1 saturated heterocycles. The van der Waals surface area contributed by atoms with Crippen molar-refractivity contribution in [2.75, 3.05) is 13.7 Å². The number of carboxylic acids is 1. The molecule has 0 bridgehead atoms. The van der Waals surface area contributed by atoms with Gasteiger partial charge < -0.3 is 14.6 Å². The molecule has 1 fully saturated rings. The van der Waals surface area contributed by atoms with Crippen LogP contribution in [0.4, 0.5) is 0 Å². The molecule has 35 heavy (non-hydrogen) atoms. The largest absolute Gasteiger partial charge is 0.493 e. The zero-order chi connectivity index (χ0) is 25.8. The molecule has 0 spiro atoms. The van der Waals surface area contributed by atoms with Crippen LogP contribution in [0.5, 0.6) is 11.5 Å². The van der Waals surface area contributed by atoms with Crippen LogP contribution in [-0.4, -0.2) is 39.9 Å². The Labute approximate surface area is 223 Å². The Morgan fingerprint density at radius 2 is 1.91 bits per heavy atom. The average Bonchev–Trinajstić information content (AvgIpc) is 3.04. The zero-order valence-corrected chi connectivity index (χ0v) is 23.3. The number of hydrogen-bond acceptors (Lipinski definition) is 6. The predicted octanol–water partition coefficient (Wildman–Crippen LogP) is 6.40. The standard InChI is InChI=1S/C26H28BrNO5S2/c1-26(2,3)18-9-7-16(8-10-18)15-33-23-19(27)12-17(13-20(23)32-4)14-21-24(31)28(25(34)35-21)11-5-6-22(29)30/h7-10,12-14H,5-6,11,15H2,1-4H3,(H,29,30)/b21-14+. The van der Waals surface area contributed by atoms with Crippen molar-refractivity contribution >= 4 is 62.2 Å². The number of carbonyl (C=O) groups is 2. The summed E-state index contributed by atoms with van der Waals surface area (Å²) in [6.07, 6.45) is 2.08. The van der Waals surface area contributed by atoms with E-state index in [0.29, 0.717) is 38.2 Å². The first kappa shape index (κ1) is 27.2. The van der Waals surface area contributed by atoms with E-state index in [1.807, 2.05) is 6.07 Å². The highest BCUT2D eigenvalue weighted by atomic mass is 79.9. The summed E-state index contributed by atoms with van der Waals surface area (Å²) in [7, 11) is 1.57. The average molecular weight is 579 g/mol. The van der Waals surface area contributed by atoms with E-state index in [9.17, 15) is 9.59 Å². The van der Waals surface area contributed by atoms with E-state index in [-0.39, 0.29) is 24.3 Å². The van der Waals surface area contributed by atoms with Crippen molar-refractivity contribution in [3.63, 3.8) is 0 Å². The highest BCUT2D eigenvalue weighted by Crippen LogP contribution is 2.39. The Balaban J connectivity index is 1.74. The van der Waals surface area contributed by atoms with Gasteiger partial charge in [-0.1, -0.05) is 69.0 Å². The van der Waals surface area contributed by atoms with Gasteiger partial charge >= 0.3 is 5.97 Å². The third-order valence-corrected chi connectivity index (χ3v) is 7.37. The van der Waals surface area contributed by atoms with E-state index in [0.717, 1.165) is 11.1 Å². The van der Waals surface area contributed by atoms with Crippen LogP contribution in [0, 0.1) is 0 Å². The summed E-state index contributed by atoms with van der Waals surface area (Å²) in [6.45, 7) is 7.21. The molecule has 0 saturated carbocycles. The number of aliphatic carboxylic acids is 1. The Bertz CT molecular complexity index is 1160. The number of thiocarbonyl (C=S) groups is 1. The van der Waals surface area contributed by atoms with Crippen LogP contribution < -0.4 is 9.47 Å². The molecule has 186 valence electrons. The van der Waals surface area contributed by atoms with Gasteiger partial charge in [0, 0.05) is 13.0 Å².